The van der Waals surface area contributed by atoms with Crippen LogP contribution in [0.2, 0.25) is 0 Å². The summed E-state index contributed by atoms with van der Waals surface area (Å²) < 4.78 is 1.94. The summed E-state index contributed by atoms with van der Waals surface area (Å²) in [7, 11) is 1.99. The van der Waals surface area contributed by atoms with Gasteiger partial charge in [-0.25, -0.2) is 0 Å². The summed E-state index contributed by atoms with van der Waals surface area (Å²) in [4.78, 5) is 2.43. The Morgan fingerprint density at radius 3 is 2.69 bits per heavy atom. The highest BCUT2D eigenvalue weighted by Gasteiger charge is 2.07. The minimum Gasteiger partial charge on any atom is -0.329 e. The van der Waals surface area contributed by atoms with E-state index in [4.69, 9.17) is 5.73 Å². The molecule has 0 aliphatic heterocycles. The van der Waals surface area contributed by atoms with Gasteiger partial charge in [-0.2, -0.15) is 5.10 Å². The molecule has 0 fully saturated rings. The largest absolute Gasteiger partial charge is 0.329 e. The average Bonchev–Trinajstić information content (AvgIpc) is 2.60. The summed E-state index contributed by atoms with van der Waals surface area (Å²) in [5.74, 6) is 0.693. The standard InChI is InChI=1S/C12H24N4/c1-11(2)10-16(9-6-13)8-5-12-4-7-14-15(12)3/h4,7,11H,5-6,8-10,13H2,1-3H3. The summed E-state index contributed by atoms with van der Waals surface area (Å²) in [5.41, 5.74) is 6.91. The predicted octanol–water partition coefficient (Wildman–Crippen LogP) is 0.879. The summed E-state index contributed by atoms with van der Waals surface area (Å²) >= 11 is 0. The van der Waals surface area contributed by atoms with Crippen molar-refractivity contribution in [3.05, 3.63) is 18.0 Å². The average molecular weight is 224 g/mol. The lowest BCUT2D eigenvalue weighted by atomic mass is 10.2. The van der Waals surface area contributed by atoms with Crippen LogP contribution in [0.5, 0.6) is 0 Å². The molecular weight excluding hydrogens is 200 g/mol. The Morgan fingerprint density at radius 2 is 2.19 bits per heavy atom. The van der Waals surface area contributed by atoms with Crippen molar-refractivity contribution in [2.24, 2.45) is 18.7 Å². The van der Waals surface area contributed by atoms with Crippen molar-refractivity contribution in [3.8, 4) is 0 Å². The van der Waals surface area contributed by atoms with Crippen LogP contribution in [0.3, 0.4) is 0 Å². The quantitative estimate of drug-likeness (QED) is 0.748. The second-order valence-electron chi connectivity index (χ2n) is 4.68. The molecule has 0 atom stereocenters. The van der Waals surface area contributed by atoms with E-state index in [0.717, 1.165) is 32.6 Å². The number of nitrogens with zero attached hydrogens (tertiary/aromatic N) is 3. The Balaban J connectivity index is 2.40. The minimum absolute atomic E-state index is 0.693. The van der Waals surface area contributed by atoms with Crippen molar-refractivity contribution >= 4 is 0 Å². The van der Waals surface area contributed by atoms with E-state index in [0.29, 0.717) is 5.92 Å². The van der Waals surface area contributed by atoms with Crippen molar-refractivity contribution < 1.29 is 0 Å². The molecule has 4 nitrogen and oxygen atoms in total. The zero-order chi connectivity index (χ0) is 12.0. The van der Waals surface area contributed by atoms with Crippen LogP contribution in [0.25, 0.3) is 0 Å². The lowest BCUT2D eigenvalue weighted by Gasteiger charge is -2.23. The fourth-order valence-electron chi connectivity index (χ4n) is 1.91. The molecule has 0 aliphatic rings. The smallest absolute Gasteiger partial charge is 0.0492 e. The van der Waals surface area contributed by atoms with Crippen molar-refractivity contribution in [1.29, 1.82) is 0 Å². The molecule has 92 valence electrons. The Kier molecular flexibility index (Phi) is 5.49. The van der Waals surface area contributed by atoms with E-state index in [1.165, 1.54) is 5.69 Å². The van der Waals surface area contributed by atoms with Crippen LogP contribution in [0.15, 0.2) is 12.3 Å². The number of rotatable bonds is 7. The van der Waals surface area contributed by atoms with Gasteiger partial charge >= 0.3 is 0 Å². The normalized spacial score (nSPS) is 11.6. The highest BCUT2D eigenvalue weighted by molar-refractivity contribution is 5.00. The highest BCUT2D eigenvalue weighted by Crippen LogP contribution is 2.02. The molecule has 0 unspecified atom stereocenters. The zero-order valence-corrected chi connectivity index (χ0v) is 10.7. The molecule has 0 aromatic carbocycles. The van der Waals surface area contributed by atoms with Gasteiger partial charge < -0.3 is 10.6 Å². The summed E-state index contributed by atoms with van der Waals surface area (Å²) in [6.07, 6.45) is 2.90. The second kappa shape index (κ2) is 6.66. The second-order valence-corrected chi connectivity index (χ2v) is 4.68. The maximum absolute atomic E-state index is 5.62. The van der Waals surface area contributed by atoms with E-state index in [-0.39, 0.29) is 0 Å². The third-order valence-corrected chi connectivity index (χ3v) is 2.68. The number of aryl methyl sites for hydroxylation is 1. The highest BCUT2D eigenvalue weighted by atomic mass is 15.3. The van der Waals surface area contributed by atoms with Crippen LogP contribution in [0.4, 0.5) is 0 Å². The first-order chi connectivity index (χ1) is 7.63. The van der Waals surface area contributed by atoms with Gasteiger partial charge in [0.1, 0.15) is 0 Å². The Hall–Kier alpha value is -0.870. The molecule has 0 saturated heterocycles. The number of aromatic nitrogens is 2. The van der Waals surface area contributed by atoms with Gasteiger partial charge in [0, 0.05) is 51.5 Å². The molecule has 0 bridgehead atoms. The number of hydrogen-bond acceptors (Lipinski definition) is 3. The van der Waals surface area contributed by atoms with Crippen LogP contribution in [0, 0.1) is 5.92 Å². The Labute approximate surface area is 98.4 Å². The topological polar surface area (TPSA) is 47.1 Å². The van der Waals surface area contributed by atoms with Gasteiger partial charge in [0.15, 0.2) is 0 Å². The van der Waals surface area contributed by atoms with E-state index in [9.17, 15) is 0 Å². The third kappa shape index (κ3) is 4.33. The van der Waals surface area contributed by atoms with Gasteiger partial charge in [-0.05, 0) is 12.0 Å². The Bertz CT molecular complexity index is 293. The minimum atomic E-state index is 0.693. The van der Waals surface area contributed by atoms with Crippen LogP contribution in [-0.2, 0) is 13.5 Å². The monoisotopic (exact) mass is 224 g/mol. The third-order valence-electron chi connectivity index (χ3n) is 2.68. The lowest BCUT2D eigenvalue weighted by Crippen LogP contribution is -2.34. The molecule has 16 heavy (non-hydrogen) atoms. The fraction of sp³-hybridized carbons (Fsp3) is 0.750. The molecule has 1 heterocycles. The number of hydrogen-bond donors (Lipinski definition) is 1. The van der Waals surface area contributed by atoms with Gasteiger partial charge in [-0.3, -0.25) is 4.68 Å². The SMILES string of the molecule is CC(C)CN(CCN)CCc1ccnn1C. The van der Waals surface area contributed by atoms with Gasteiger partial charge in [0.05, 0.1) is 0 Å². The zero-order valence-electron chi connectivity index (χ0n) is 10.7. The van der Waals surface area contributed by atoms with E-state index < -0.39 is 0 Å². The van der Waals surface area contributed by atoms with E-state index in [2.05, 4.69) is 29.9 Å². The van der Waals surface area contributed by atoms with Crippen molar-refractivity contribution in [1.82, 2.24) is 14.7 Å². The number of nitrogens with two attached hydrogens (primary N) is 1. The summed E-state index contributed by atoms with van der Waals surface area (Å²) in [6, 6.07) is 2.08. The molecule has 1 aromatic rings. The van der Waals surface area contributed by atoms with Crippen molar-refractivity contribution in [3.63, 3.8) is 0 Å². The fourth-order valence-corrected chi connectivity index (χ4v) is 1.91. The first-order valence-corrected chi connectivity index (χ1v) is 6.02. The molecule has 0 amide bonds. The van der Waals surface area contributed by atoms with Crippen LogP contribution < -0.4 is 5.73 Å². The predicted molar refractivity (Wildman–Crippen MR) is 67.2 cm³/mol. The molecule has 2 N–H and O–H groups in total. The van der Waals surface area contributed by atoms with Gasteiger partial charge in [-0.1, -0.05) is 13.8 Å². The van der Waals surface area contributed by atoms with E-state index in [1.807, 2.05) is 17.9 Å². The molecule has 0 spiro atoms. The van der Waals surface area contributed by atoms with E-state index >= 15 is 0 Å². The van der Waals surface area contributed by atoms with Crippen molar-refractivity contribution in [2.45, 2.75) is 20.3 Å². The summed E-state index contributed by atoms with van der Waals surface area (Å²) in [6.45, 7) is 8.39. The van der Waals surface area contributed by atoms with Crippen LogP contribution >= 0.6 is 0 Å². The maximum atomic E-state index is 5.62. The first kappa shape index (κ1) is 13.2. The molecule has 0 radical (unpaired) electrons. The maximum Gasteiger partial charge on any atom is 0.0492 e. The van der Waals surface area contributed by atoms with E-state index in [1.54, 1.807) is 0 Å². The Morgan fingerprint density at radius 1 is 1.44 bits per heavy atom. The van der Waals surface area contributed by atoms with Gasteiger partial charge in [-0.15, -0.1) is 0 Å². The molecule has 1 rings (SSSR count). The molecular formula is C12H24N4. The van der Waals surface area contributed by atoms with Gasteiger partial charge in [0.25, 0.3) is 0 Å². The first-order valence-electron chi connectivity index (χ1n) is 6.02. The molecule has 0 aliphatic carbocycles. The molecule has 4 heteroatoms. The lowest BCUT2D eigenvalue weighted by molar-refractivity contribution is 0.252. The molecule has 0 saturated carbocycles. The van der Waals surface area contributed by atoms with Crippen LogP contribution in [0.1, 0.15) is 19.5 Å². The van der Waals surface area contributed by atoms with Crippen LogP contribution in [-0.4, -0.2) is 40.9 Å². The summed E-state index contributed by atoms with van der Waals surface area (Å²) in [5, 5.41) is 4.17. The van der Waals surface area contributed by atoms with Gasteiger partial charge in [0.2, 0.25) is 0 Å². The molecule has 1 aromatic heterocycles. The van der Waals surface area contributed by atoms with Crippen molar-refractivity contribution in [2.75, 3.05) is 26.2 Å².